The van der Waals surface area contributed by atoms with Crippen LogP contribution in [-0.4, -0.2) is 16.2 Å². The van der Waals surface area contributed by atoms with E-state index >= 15 is 0 Å². The molecule has 9 rings (SSSR count). The molecule has 296 valence electrons. The summed E-state index contributed by atoms with van der Waals surface area (Å²) < 4.78 is 9.07. The molecule has 0 unspecified atom stereocenters. The van der Waals surface area contributed by atoms with E-state index in [0.717, 1.165) is 39.4 Å². The van der Waals surface area contributed by atoms with Crippen LogP contribution in [0.15, 0.2) is 152 Å². The first-order valence-corrected chi connectivity index (χ1v) is 20.8. The van der Waals surface area contributed by atoms with Crippen LogP contribution in [0, 0.1) is 0 Å². The molecule has 0 aliphatic carbocycles. The molecule has 59 heavy (non-hydrogen) atoms. The van der Waals surface area contributed by atoms with Gasteiger partial charge in [-0.2, -0.15) is 0 Å². The number of anilines is 4. The minimum atomic E-state index is -0.0194. The third-order valence-corrected chi connectivity index (χ3v) is 11.8. The van der Waals surface area contributed by atoms with E-state index in [9.17, 15) is 0 Å². The lowest BCUT2D eigenvalue weighted by Gasteiger charge is -2.26. The Balaban J connectivity index is 1.11. The second-order valence-corrected chi connectivity index (χ2v) is 19.1. The van der Waals surface area contributed by atoms with Crippen molar-refractivity contribution in [2.75, 3.05) is 16.5 Å². The normalized spacial score (nSPS) is 13.4. The van der Waals surface area contributed by atoms with Gasteiger partial charge in [0.2, 0.25) is 0 Å². The zero-order valence-corrected chi connectivity index (χ0v) is 35.8. The summed E-state index contributed by atoms with van der Waals surface area (Å²) >= 11 is 0. The number of hydrogen-bond donors (Lipinski definition) is 0. The molecule has 0 saturated heterocycles. The quantitative estimate of drug-likeness (QED) is 0.168. The molecule has 0 spiro atoms. The highest BCUT2D eigenvalue weighted by molar-refractivity contribution is 6.10. The maximum absolute atomic E-state index is 6.79. The van der Waals surface area contributed by atoms with E-state index in [0.29, 0.717) is 6.67 Å². The number of hydrogen-bond acceptors (Lipinski definition) is 4. The second-order valence-electron chi connectivity index (χ2n) is 19.1. The predicted molar refractivity (Wildman–Crippen MR) is 249 cm³/mol. The van der Waals surface area contributed by atoms with Crippen molar-refractivity contribution < 1.29 is 4.74 Å². The van der Waals surface area contributed by atoms with Crippen LogP contribution >= 0.6 is 0 Å². The van der Waals surface area contributed by atoms with Gasteiger partial charge in [0.15, 0.2) is 0 Å². The summed E-state index contributed by atoms with van der Waals surface area (Å²) in [5.74, 6) is 2.44. The van der Waals surface area contributed by atoms with Crippen LogP contribution < -0.4 is 14.5 Å². The molecule has 5 heteroatoms. The molecular weight excluding hydrogens is 721 g/mol. The van der Waals surface area contributed by atoms with Crippen LogP contribution in [0.2, 0.25) is 0 Å². The van der Waals surface area contributed by atoms with Crippen LogP contribution in [0.5, 0.6) is 11.5 Å². The fourth-order valence-corrected chi connectivity index (χ4v) is 8.29. The number of aromatic nitrogens is 2. The summed E-state index contributed by atoms with van der Waals surface area (Å²) in [6.07, 6.45) is 1.93. The lowest BCUT2D eigenvalue weighted by Crippen LogP contribution is -2.24. The number of benzene rings is 6. The van der Waals surface area contributed by atoms with Crippen molar-refractivity contribution >= 4 is 44.6 Å². The van der Waals surface area contributed by atoms with Crippen LogP contribution in [0.3, 0.4) is 0 Å². The highest BCUT2D eigenvalue weighted by atomic mass is 16.5. The number of rotatable bonds is 6. The molecule has 6 aromatic carbocycles. The van der Waals surface area contributed by atoms with Crippen molar-refractivity contribution in [3.8, 4) is 28.4 Å². The van der Waals surface area contributed by atoms with Gasteiger partial charge in [0.05, 0.1) is 22.4 Å². The minimum Gasteiger partial charge on any atom is -0.457 e. The standard InChI is InChI=1S/C54H54N4O/c1-52(2,3)38-17-13-18-41(30-38)57-35-56(48-26-22-39(31-50(48)57)53(4,5)6)42-19-14-20-43(33-42)59-44-23-24-45-46-29-37(36-15-11-10-12-16-36)21-25-47(46)58(49(45)34-44)51-32-40(27-28-55-51)54(7,8)9/h10-34H,35H2,1-9H3. The van der Waals surface area contributed by atoms with Gasteiger partial charge in [0.1, 0.15) is 24.0 Å². The fraction of sp³-hybridized carbons (Fsp3) is 0.241. The molecule has 8 aromatic rings. The highest BCUT2D eigenvalue weighted by Gasteiger charge is 2.31. The van der Waals surface area contributed by atoms with Gasteiger partial charge in [-0.25, -0.2) is 4.98 Å². The van der Waals surface area contributed by atoms with Crippen molar-refractivity contribution in [2.45, 2.75) is 78.6 Å². The summed E-state index contributed by atoms with van der Waals surface area (Å²) in [5.41, 5.74) is 13.1. The first kappa shape index (κ1) is 38.2. The average Bonchev–Trinajstić information content (AvgIpc) is 3.76. The Morgan fingerprint density at radius 3 is 1.86 bits per heavy atom. The zero-order valence-electron chi connectivity index (χ0n) is 35.8. The van der Waals surface area contributed by atoms with E-state index in [1.54, 1.807) is 0 Å². The van der Waals surface area contributed by atoms with Gasteiger partial charge in [0.25, 0.3) is 0 Å². The molecule has 0 fully saturated rings. The van der Waals surface area contributed by atoms with Crippen molar-refractivity contribution in [2.24, 2.45) is 0 Å². The second kappa shape index (κ2) is 14.2. The average molecular weight is 775 g/mol. The fourth-order valence-electron chi connectivity index (χ4n) is 8.29. The molecule has 0 N–H and O–H groups in total. The molecule has 1 aliphatic heterocycles. The monoisotopic (exact) mass is 774 g/mol. The van der Waals surface area contributed by atoms with E-state index in [1.807, 2.05) is 12.3 Å². The van der Waals surface area contributed by atoms with E-state index in [2.05, 4.69) is 216 Å². The first-order valence-electron chi connectivity index (χ1n) is 20.8. The molecule has 0 saturated carbocycles. The largest absolute Gasteiger partial charge is 0.457 e. The van der Waals surface area contributed by atoms with Crippen LogP contribution in [0.4, 0.5) is 22.7 Å². The third-order valence-electron chi connectivity index (χ3n) is 11.8. The Morgan fingerprint density at radius 1 is 0.458 bits per heavy atom. The van der Waals surface area contributed by atoms with Crippen molar-refractivity contribution in [3.63, 3.8) is 0 Å². The smallest absolute Gasteiger partial charge is 0.137 e. The molecule has 0 bridgehead atoms. The Bertz CT molecular complexity index is 2850. The molecular formula is C54H54N4O. The minimum absolute atomic E-state index is 0.0194. The predicted octanol–water partition coefficient (Wildman–Crippen LogP) is 14.8. The lowest BCUT2D eigenvalue weighted by atomic mass is 9.86. The van der Waals surface area contributed by atoms with Crippen LogP contribution in [-0.2, 0) is 16.2 Å². The van der Waals surface area contributed by atoms with Crippen molar-refractivity contribution in [1.29, 1.82) is 0 Å². The van der Waals surface area contributed by atoms with E-state index in [1.165, 1.54) is 50.3 Å². The van der Waals surface area contributed by atoms with Gasteiger partial charge in [-0.05, 0) is 117 Å². The molecule has 0 amide bonds. The third kappa shape index (κ3) is 7.24. The van der Waals surface area contributed by atoms with Gasteiger partial charge in [-0.3, -0.25) is 4.57 Å². The number of ether oxygens (including phenoxy) is 1. The van der Waals surface area contributed by atoms with Crippen LogP contribution in [0.1, 0.15) is 79.0 Å². The number of fused-ring (bicyclic) bond motifs is 4. The van der Waals surface area contributed by atoms with E-state index in [-0.39, 0.29) is 16.2 Å². The molecule has 0 radical (unpaired) electrons. The van der Waals surface area contributed by atoms with Crippen molar-refractivity contribution in [1.82, 2.24) is 9.55 Å². The van der Waals surface area contributed by atoms with E-state index < -0.39 is 0 Å². The SMILES string of the molecule is CC(C)(C)c1cccc(N2CN(c3cccc(Oc4ccc5c6cc(-c7ccccc7)ccc6n(-c6cc(C(C)(C)C)ccn6)c5c4)c3)c3ccc(C(C)(C)C)cc32)c1. The molecule has 2 aromatic heterocycles. The van der Waals surface area contributed by atoms with Crippen LogP contribution in [0.25, 0.3) is 38.8 Å². The molecule has 3 heterocycles. The maximum Gasteiger partial charge on any atom is 0.137 e. The number of nitrogens with zero attached hydrogens (tertiary/aromatic N) is 4. The summed E-state index contributed by atoms with van der Waals surface area (Å²) in [5, 5.41) is 2.33. The number of pyridine rings is 1. The molecule has 1 aliphatic rings. The summed E-state index contributed by atoms with van der Waals surface area (Å²) in [7, 11) is 0. The summed E-state index contributed by atoms with van der Waals surface area (Å²) in [4.78, 5) is 9.79. The molecule has 0 atom stereocenters. The zero-order chi connectivity index (χ0) is 41.3. The Labute approximate surface area is 349 Å². The van der Waals surface area contributed by atoms with Gasteiger partial charge in [-0.1, -0.05) is 123 Å². The topological polar surface area (TPSA) is 33.5 Å². The Morgan fingerprint density at radius 2 is 1.12 bits per heavy atom. The van der Waals surface area contributed by atoms with E-state index in [4.69, 9.17) is 9.72 Å². The summed E-state index contributed by atoms with van der Waals surface area (Å²) in [6, 6.07) is 52.6. The maximum atomic E-state index is 6.79. The Kier molecular flexibility index (Phi) is 9.19. The first-order chi connectivity index (χ1) is 28.1. The van der Waals surface area contributed by atoms with Gasteiger partial charge in [-0.15, -0.1) is 0 Å². The lowest BCUT2D eigenvalue weighted by molar-refractivity contribution is 0.483. The highest BCUT2D eigenvalue weighted by Crippen LogP contribution is 2.47. The van der Waals surface area contributed by atoms with Gasteiger partial charge >= 0.3 is 0 Å². The summed E-state index contributed by atoms with van der Waals surface area (Å²) in [6.45, 7) is 21.1. The van der Waals surface area contributed by atoms with Crippen molar-refractivity contribution in [3.05, 3.63) is 168 Å². The molecule has 5 nitrogen and oxygen atoms in total. The van der Waals surface area contributed by atoms with Gasteiger partial charge in [0, 0.05) is 40.5 Å². The Hall–Kier alpha value is -6.33. The van der Waals surface area contributed by atoms with Gasteiger partial charge < -0.3 is 14.5 Å².